The van der Waals surface area contributed by atoms with Crippen molar-refractivity contribution in [1.29, 1.82) is 0 Å². The van der Waals surface area contributed by atoms with Gasteiger partial charge in [0.2, 0.25) is 0 Å². The number of hydrogen-bond acceptors (Lipinski definition) is 4. The summed E-state index contributed by atoms with van der Waals surface area (Å²) < 4.78 is 0. The molecule has 1 heterocycles. The Morgan fingerprint density at radius 2 is 1.69 bits per heavy atom. The molecule has 0 radical (unpaired) electrons. The van der Waals surface area contributed by atoms with E-state index in [0.717, 1.165) is 22.0 Å². The Morgan fingerprint density at radius 1 is 1.00 bits per heavy atom. The van der Waals surface area contributed by atoms with Gasteiger partial charge in [-0.05, 0) is 55.1 Å². The van der Waals surface area contributed by atoms with Gasteiger partial charge in [-0.15, -0.1) is 0 Å². The van der Waals surface area contributed by atoms with Gasteiger partial charge in [-0.25, -0.2) is 0 Å². The van der Waals surface area contributed by atoms with Crippen LogP contribution < -0.4 is 10.5 Å². The van der Waals surface area contributed by atoms with E-state index in [1.807, 2.05) is 56.3 Å². The van der Waals surface area contributed by atoms with Crippen LogP contribution in [-0.2, 0) is 6.54 Å². The van der Waals surface area contributed by atoms with Crippen LogP contribution in [0.1, 0.15) is 27.0 Å². The number of rotatable bonds is 5. The van der Waals surface area contributed by atoms with Gasteiger partial charge >= 0.3 is 0 Å². The fourth-order valence-electron chi connectivity index (χ4n) is 3.60. The third-order valence-corrected chi connectivity index (χ3v) is 5.41. The summed E-state index contributed by atoms with van der Waals surface area (Å²) >= 11 is 0. The minimum atomic E-state index is -0.511. The molecule has 0 unspecified atom stereocenters. The van der Waals surface area contributed by atoms with Crippen LogP contribution in [0, 0.1) is 24.0 Å². The molecule has 0 aliphatic carbocycles. The first-order chi connectivity index (χ1) is 15.3. The fraction of sp³-hybridized carbons (Fsp3) is 0.120. The van der Waals surface area contributed by atoms with Crippen LogP contribution in [0.5, 0.6) is 0 Å². The summed E-state index contributed by atoms with van der Waals surface area (Å²) in [6, 6.07) is 20.4. The van der Waals surface area contributed by atoms with E-state index in [2.05, 4.69) is 4.98 Å². The molecule has 1 N–H and O–H groups in total. The maximum absolute atomic E-state index is 13.4. The van der Waals surface area contributed by atoms with Crippen LogP contribution >= 0.6 is 0 Å². The molecule has 32 heavy (non-hydrogen) atoms. The zero-order chi connectivity index (χ0) is 22.8. The van der Waals surface area contributed by atoms with Crippen LogP contribution in [0.25, 0.3) is 10.9 Å². The van der Waals surface area contributed by atoms with Crippen molar-refractivity contribution in [2.45, 2.75) is 20.4 Å². The van der Waals surface area contributed by atoms with E-state index >= 15 is 0 Å². The summed E-state index contributed by atoms with van der Waals surface area (Å²) in [5.74, 6) is -0.354. The molecule has 0 aliphatic heterocycles. The zero-order valence-electron chi connectivity index (χ0n) is 17.7. The van der Waals surface area contributed by atoms with E-state index in [0.29, 0.717) is 16.8 Å². The number of benzene rings is 3. The third-order valence-electron chi connectivity index (χ3n) is 5.41. The number of nitrogens with one attached hydrogen (secondary N) is 1. The summed E-state index contributed by atoms with van der Waals surface area (Å²) in [5, 5.41) is 11.8. The normalized spacial score (nSPS) is 10.8. The molecule has 4 rings (SSSR count). The van der Waals surface area contributed by atoms with Crippen molar-refractivity contribution in [3.63, 3.8) is 0 Å². The number of nitrogens with zero attached hydrogens (tertiary/aromatic N) is 2. The van der Waals surface area contributed by atoms with E-state index in [-0.39, 0.29) is 23.7 Å². The number of fused-ring (bicyclic) bond motifs is 1. The van der Waals surface area contributed by atoms with Crippen LogP contribution in [-0.4, -0.2) is 15.8 Å². The highest BCUT2D eigenvalue weighted by Crippen LogP contribution is 2.23. The van der Waals surface area contributed by atoms with Crippen molar-refractivity contribution in [2.24, 2.45) is 0 Å². The molecule has 3 aromatic carbocycles. The molecule has 4 aromatic rings. The number of carbonyl (C=O) groups excluding carboxylic acids is 1. The van der Waals surface area contributed by atoms with Crippen LogP contribution in [0.3, 0.4) is 0 Å². The number of aromatic nitrogens is 1. The molecule has 0 bridgehead atoms. The summed E-state index contributed by atoms with van der Waals surface area (Å²) in [7, 11) is 0. The van der Waals surface area contributed by atoms with Crippen molar-refractivity contribution in [1.82, 2.24) is 4.98 Å². The number of amides is 1. The monoisotopic (exact) mass is 427 g/mol. The van der Waals surface area contributed by atoms with Gasteiger partial charge in [0.1, 0.15) is 0 Å². The lowest BCUT2D eigenvalue weighted by Gasteiger charge is -2.23. The molecule has 0 saturated carbocycles. The van der Waals surface area contributed by atoms with Gasteiger partial charge in [-0.3, -0.25) is 19.7 Å². The fourth-order valence-corrected chi connectivity index (χ4v) is 3.60. The predicted molar refractivity (Wildman–Crippen MR) is 124 cm³/mol. The van der Waals surface area contributed by atoms with E-state index in [1.165, 1.54) is 29.2 Å². The zero-order valence-corrected chi connectivity index (χ0v) is 17.7. The topological polar surface area (TPSA) is 96.3 Å². The molecular weight excluding hydrogens is 406 g/mol. The van der Waals surface area contributed by atoms with Crippen molar-refractivity contribution in [3.8, 4) is 0 Å². The van der Waals surface area contributed by atoms with Gasteiger partial charge in [0, 0.05) is 28.9 Å². The Kier molecular flexibility index (Phi) is 5.55. The van der Waals surface area contributed by atoms with Gasteiger partial charge in [-0.1, -0.05) is 35.9 Å². The minimum Gasteiger partial charge on any atom is -0.321 e. The number of hydrogen-bond donors (Lipinski definition) is 1. The molecular formula is C25H21N3O4. The van der Waals surface area contributed by atoms with Gasteiger partial charge in [0.25, 0.3) is 17.2 Å². The summed E-state index contributed by atoms with van der Waals surface area (Å²) in [6.45, 7) is 3.93. The predicted octanol–water partition coefficient (Wildman–Crippen LogP) is 4.90. The highest BCUT2D eigenvalue weighted by Gasteiger charge is 2.21. The van der Waals surface area contributed by atoms with Crippen LogP contribution in [0.4, 0.5) is 11.4 Å². The molecule has 0 fully saturated rings. The lowest BCUT2D eigenvalue weighted by Crippen LogP contribution is -2.33. The standard InChI is InChI=1S/C25H21N3O4/c1-16-6-10-21(11-7-16)27(25(30)18-8-12-22(13-9-18)28(31)32)15-20-14-19-5-3-4-17(2)23(19)26-24(20)29/h3-14H,15H2,1-2H3,(H,26,29). The Labute approximate surface area is 184 Å². The van der Waals surface area contributed by atoms with Gasteiger partial charge in [-0.2, -0.15) is 0 Å². The molecule has 0 atom stereocenters. The number of anilines is 1. The molecule has 0 saturated heterocycles. The number of H-pyrrole nitrogens is 1. The molecule has 0 spiro atoms. The van der Waals surface area contributed by atoms with Gasteiger partial charge in [0.05, 0.1) is 17.0 Å². The number of nitro groups is 1. The van der Waals surface area contributed by atoms with Crippen molar-refractivity contribution >= 4 is 28.2 Å². The largest absolute Gasteiger partial charge is 0.321 e. The van der Waals surface area contributed by atoms with E-state index in [4.69, 9.17) is 0 Å². The van der Waals surface area contributed by atoms with Crippen molar-refractivity contribution in [3.05, 3.63) is 116 Å². The quantitative estimate of drug-likeness (QED) is 0.362. The van der Waals surface area contributed by atoms with Gasteiger partial charge in [0.15, 0.2) is 0 Å². The Morgan fingerprint density at radius 3 is 2.34 bits per heavy atom. The second kappa shape index (κ2) is 8.47. The third kappa shape index (κ3) is 4.13. The van der Waals surface area contributed by atoms with Crippen LogP contribution in [0.2, 0.25) is 0 Å². The van der Waals surface area contributed by atoms with Crippen molar-refractivity contribution < 1.29 is 9.72 Å². The Bertz CT molecular complexity index is 1370. The lowest BCUT2D eigenvalue weighted by atomic mass is 10.1. The van der Waals surface area contributed by atoms with E-state index in [1.54, 1.807) is 6.07 Å². The summed E-state index contributed by atoms with van der Waals surface area (Å²) in [5.41, 5.74) is 3.78. The first-order valence-electron chi connectivity index (χ1n) is 10.1. The molecule has 1 aromatic heterocycles. The SMILES string of the molecule is Cc1ccc(N(Cc2cc3cccc(C)c3[nH]c2=O)C(=O)c2ccc([N+](=O)[O-])cc2)cc1. The first-order valence-corrected chi connectivity index (χ1v) is 10.1. The molecule has 0 aliphatic rings. The number of aromatic amines is 1. The Balaban J connectivity index is 1.76. The number of para-hydroxylation sites is 1. The highest BCUT2D eigenvalue weighted by atomic mass is 16.6. The smallest absolute Gasteiger partial charge is 0.269 e. The minimum absolute atomic E-state index is 0.0537. The summed E-state index contributed by atoms with van der Waals surface area (Å²) in [4.78, 5) is 41.1. The van der Waals surface area contributed by atoms with E-state index in [9.17, 15) is 19.7 Å². The van der Waals surface area contributed by atoms with Gasteiger partial charge < -0.3 is 9.88 Å². The number of nitro benzene ring substituents is 1. The average Bonchev–Trinajstić information content (AvgIpc) is 2.79. The summed E-state index contributed by atoms with van der Waals surface area (Å²) in [6.07, 6.45) is 0. The molecule has 7 nitrogen and oxygen atoms in total. The average molecular weight is 427 g/mol. The lowest BCUT2D eigenvalue weighted by molar-refractivity contribution is -0.384. The maximum Gasteiger partial charge on any atom is 0.269 e. The van der Waals surface area contributed by atoms with Crippen LogP contribution in [0.15, 0.2) is 77.6 Å². The number of aryl methyl sites for hydroxylation is 2. The molecule has 160 valence electrons. The number of pyridine rings is 1. The number of carbonyl (C=O) groups is 1. The van der Waals surface area contributed by atoms with E-state index < -0.39 is 4.92 Å². The second-order valence-corrected chi connectivity index (χ2v) is 7.69. The highest BCUT2D eigenvalue weighted by molar-refractivity contribution is 6.06. The number of non-ortho nitro benzene ring substituents is 1. The molecule has 7 heteroatoms. The first kappa shape index (κ1) is 21.0. The Hall–Kier alpha value is -4.26. The maximum atomic E-state index is 13.4. The van der Waals surface area contributed by atoms with Crippen molar-refractivity contribution in [2.75, 3.05) is 4.90 Å². The second-order valence-electron chi connectivity index (χ2n) is 7.69. The molecule has 1 amide bonds.